The lowest BCUT2D eigenvalue weighted by Crippen LogP contribution is -2.11. The van der Waals surface area contributed by atoms with Crippen molar-refractivity contribution in [2.24, 2.45) is 11.7 Å². The van der Waals surface area contributed by atoms with Crippen molar-refractivity contribution >= 4 is 29.0 Å². The Morgan fingerprint density at radius 1 is 1.26 bits per heavy atom. The van der Waals surface area contributed by atoms with Crippen LogP contribution in [0.2, 0.25) is 10.0 Å². The molecule has 0 heterocycles. The first-order valence-electron chi connectivity index (χ1n) is 6.76. The summed E-state index contributed by atoms with van der Waals surface area (Å²) in [5.41, 5.74) is 6.16. The van der Waals surface area contributed by atoms with Gasteiger partial charge in [-0.25, -0.2) is 0 Å². The van der Waals surface area contributed by atoms with Crippen molar-refractivity contribution in [2.45, 2.75) is 39.0 Å². The van der Waals surface area contributed by atoms with Crippen molar-refractivity contribution in [1.29, 1.82) is 0 Å². The standard InChI is InChI=1S/C15H21Cl2NO/c1-2-3-11(8-9-18)4-7-15(19)13-6-5-12(16)10-14(13)17/h5-6,10-11H,2-4,7-9,18H2,1H3. The van der Waals surface area contributed by atoms with Crippen molar-refractivity contribution in [2.75, 3.05) is 6.54 Å². The highest BCUT2D eigenvalue weighted by molar-refractivity contribution is 6.36. The Bertz CT molecular complexity index is 415. The Hall–Kier alpha value is -0.570. The first-order valence-corrected chi connectivity index (χ1v) is 7.52. The number of halogens is 2. The third-order valence-electron chi connectivity index (χ3n) is 3.28. The van der Waals surface area contributed by atoms with E-state index in [2.05, 4.69) is 6.92 Å². The van der Waals surface area contributed by atoms with Gasteiger partial charge in [0.05, 0.1) is 5.02 Å². The van der Waals surface area contributed by atoms with Crippen LogP contribution in [0.1, 0.15) is 49.4 Å². The number of hydrogen-bond acceptors (Lipinski definition) is 2. The second kappa shape index (κ2) is 8.57. The van der Waals surface area contributed by atoms with E-state index in [-0.39, 0.29) is 5.78 Å². The van der Waals surface area contributed by atoms with Crippen LogP contribution >= 0.6 is 23.2 Å². The van der Waals surface area contributed by atoms with Crippen LogP contribution in [-0.4, -0.2) is 12.3 Å². The second-order valence-electron chi connectivity index (χ2n) is 4.82. The van der Waals surface area contributed by atoms with E-state index < -0.39 is 0 Å². The first kappa shape index (κ1) is 16.5. The topological polar surface area (TPSA) is 43.1 Å². The van der Waals surface area contributed by atoms with Gasteiger partial charge in [-0.05, 0) is 43.5 Å². The number of carbonyl (C=O) groups is 1. The predicted molar refractivity (Wildman–Crippen MR) is 82.1 cm³/mol. The average molecular weight is 302 g/mol. The van der Waals surface area contributed by atoms with Crippen LogP contribution in [0, 0.1) is 5.92 Å². The van der Waals surface area contributed by atoms with Gasteiger partial charge >= 0.3 is 0 Å². The highest BCUT2D eigenvalue weighted by atomic mass is 35.5. The fourth-order valence-corrected chi connectivity index (χ4v) is 2.78. The zero-order valence-electron chi connectivity index (χ0n) is 11.3. The first-order chi connectivity index (χ1) is 9.08. The van der Waals surface area contributed by atoms with Gasteiger partial charge in [0.2, 0.25) is 0 Å². The molecule has 0 radical (unpaired) electrons. The summed E-state index contributed by atoms with van der Waals surface area (Å²) in [4.78, 5) is 12.1. The molecule has 0 saturated carbocycles. The van der Waals surface area contributed by atoms with E-state index >= 15 is 0 Å². The minimum Gasteiger partial charge on any atom is -0.330 e. The van der Waals surface area contributed by atoms with E-state index in [4.69, 9.17) is 28.9 Å². The zero-order valence-corrected chi connectivity index (χ0v) is 12.8. The van der Waals surface area contributed by atoms with Crippen LogP contribution in [0.3, 0.4) is 0 Å². The molecule has 106 valence electrons. The molecule has 1 aromatic rings. The maximum absolute atomic E-state index is 12.1. The molecule has 1 unspecified atom stereocenters. The predicted octanol–water partition coefficient (Wildman–Crippen LogP) is 4.72. The van der Waals surface area contributed by atoms with E-state index in [1.54, 1.807) is 18.2 Å². The molecule has 0 bridgehead atoms. The van der Waals surface area contributed by atoms with Gasteiger partial charge in [0.15, 0.2) is 5.78 Å². The lowest BCUT2D eigenvalue weighted by Gasteiger charge is -2.14. The third kappa shape index (κ3) is 5.52. The molecule has 1 rings (SSSR count). The number of nitrogens with two attached hydrogens (primary N) is 1. The van der Waals surface area contributed by atoms with Gasteiger partial charge in [-0.2, -0.15) is 0 Å². The summed E-state index contributed by atoms with van der Waals surface area (Å²) in [5, 5.41) is 0.983. The summed E-state index contributed by atoms with van der Waals surface area (Å²) in [6, 6.07) is 5.01. The Morgan fingerprint density at radius 3 is 2.58 bits per heavy atom. The van der Waals surface area contributed by atoms with Crippen molar-refractivity contribution < 1.29 is 4.79 Å². The summed E-state index contributed by atoms with van der Waals surface area (Å²) in [7, 11) is 0. The molecule has 1 aromatic carbocycles. The number of carbonyl (C=O) groups excluding carboxylic acids is 1. The summed E-state index contributed by atoms with van der Waals surface area (Å²) < 4.78 is 0. The van der Waals surface area contributed by atoms with Crippen LogP contribution in [-0.2, 0) is 0 Å². The maximum atomic E-state index is 12.1. The van der Waals surface area contributed by atoms with Gasteiger partial charge in [-0.3, -0.25) is 4.79 Å². The van der Waals surface area contributed by atoms with Gasteiger partial charge < -0.3 is 5.73 Å². The van der Waals surface area contributed by atoms with Gasteiger partial charge in [0.25, 0.3) is 0 Å². The largest absolute Gasteiger partial charge is 0.330 e. The molecule has 2 nitrogen and oxygen atoms in total. The summed E-state index contributed by atoms with van der Waals surface area (Å²) in [5.74, 6) is 0.616. The van der Waals surface area contributed by atoms with Crippen LogP contribution < -0.4 is 5.73 Å². The van der Waals surface area contributed by atoms with Crippen LogP contribution in [0.15, 0.2) is 18.2 Å². The molecular weight excluding hydrogens is 281 g/mol. The SMILES string of the molecule is CCCC(CCN)CCC(=O)c1ccc(Cl)cc1Cl. The van der Waals surface area contributed by atoms with E-state index in [9.17, 15) is 4.79 Å². The second-order valence-corrected chi connectivity index (χ2v) is 5.66. The van der Waals surface area contributed by atoms with Crippen molar-refractivity contribution in [1.82, 2.24) is 0 Å². The Morgan fingerprint density at radius 2 is 2.00 bits per heavy atom. The molecule has 0 fully saturated rings. The quantitative estimate of drug-likeness (QED) is 0.706. The van der Waals surface area contributed by atoms with E-state index in [1.165, 1.54) is 0 Å². The number of ketones is 1. The van der Waals surface area contributed by atoms with Gasteiger partial charge in [-0.1, -0.05) is 43.0 Å². The molecule has 0 spiro atoms. The molecule has 0 aliphatic rings. The Balaban J connectivity index is 2.58. The fourth-order valence-electron chi connectivity index (χ4n) is 2.26. The van der Waals surface area contributed by atoms with Crippen LogP contribution in [0.4, 0.5) is 0 Å². The smallest absolute Gasteiger partial charge is 0.164 e. The molecule has 4 heteroatoms. The van der Waals surface area contributed by atoms with Crippen molar-refractivity contribution in [3.63, 3.8) is 0 Å². The Kier molecular flexibility index (Phi) is 7.44. The number of hydrogen-bond donors (Lipinski definition) is 1. The lowest BCUT2D eigenvalue weighted by molar-refractivity contribution is 0.0972. The van der Waals surface area contributed by atoms with E-state index in [0.717, 1.165) is 25.7 Å². The maximum Gasteiger partial charge on any atom is 0.164 e. The highest BCUT2D eigenvalue weighted by Gasteiger charge is 2.14. The van der Waals surface area contributed by atoms with Gasteiger partial charge in [0.1, 0.15) is 0 Å². The molecule has 0 aromatic heterocycles. The number of Topliss-reactive ketones (excluding diaryl/α,β-unsaturated/α-hetero) is 1. The average Bonchev–Trinajstić information content (AvgIpc) is 2.36. The third-order valence-corrected chi connectivity index (χ3v) is 3.83. The van der Waals surface area contributed by atoms with Crippen molar-refractivity contribution in [3.8, 4) is 0 Å². The van der Waals surface area contributed by atoms with Crippen LogP contribution in [0.25, 0.3) is 0 Å². The molecule has 0 saturated heterocycles. The molecule has 0 aliphatic heterocycles. The molecule has 0 aliphatic carbocycles. The number of benzene rings is 1. The minimum atomic E-state index is 0.0831. The highest BCUT2D eigenvalue weighted by Crippen LogP contribution is 2.24. The lowest BCUT2D eigenvalue weighted by atomic mass is 9.92. The molecule has 19 heavy (non-hydrogen) atoms. The molecular formula is C15H21Cl2NO. The van der Waals surface area contributed by atoms with Crippen molar-refractivity contribution in [3.05, 3.63) is 33.8 Å². The van der Waals surface area contributed by atoms with E-state index in [0.29, 0.717) is 34.5 Å². The zero-order chi connectivity index (χ0) is 14.3. The van der Waals surface area contributed by atoms with Gasteiger partial charge in [-0.15, -0.1) is 0 Å². The van der Waals surface area contributed by atoms with Crippen LogP contribution in [0.5, 0.6) is 0 Å². The fraction of sp³-hybridized carbons (Fsp3) is 0.533. The summed E-state index contributed by atoms with van der Waals surface area (Å²) in [6.45, 7) is 2.84. The van der Waals surface area contributed by atoms with Gasteiger partial charge in [0, 0.05) is 17.0 Å². The monoisotopic (exact) mass is 301 g/mol. The normalized spacial score (nSPS) is 12.4. The molecule has 0 amide bonds. The Labute approximate surface area is 125 Å². The summed E-state index contributed by atoms with van der Waals surface area (Å²) in [6.07, 6.45) is 4.63. The van der Waals surface area contributed by atoms with E-state index in [1.807, 2.05) is 0 Å². The molecule has 2 N–H and O–H groups in total. The summed E-state index contributed by atoms with van der Waals surface area (Å²) >= 11 is 11.9. The number of rotatable bonds is 8. The molecule has 1 atom stereocenters. The minimum absolute atomic E-state index is 0.0831.